The maximum absolute atomic E-state index is 12.5. The van der Waals surface area contributed by atoms with Crippen molar-refractivity contribution < 1.29 is 43.2 Å². The first kappa shape index (κ1) is 18.0. The molecule has 2 unspecified atom stereocenters. The van der Waals surface area contributed by atoms with Crippen molar-refractivity contribution in [2.45, 2.75) is 30.0 Å². The summed E-state index contributed by atoms with van der Waals surface area (Å²) in [6.45, 7) is 0. The molecule has 1 saturated carbocycles. The van der Waals surface area contributed by atoms with E-state index in [1.54, 1.807) is 0 Å². The number of halogens is 3. The number of hydrogen-bond donors (Lipinski definition) is 0. The minimum atomic E-state index is -6.06. The second kappa shape index (κ2) is 5.59. The van der Waals surface area contributed by atoms with E-state index in [1.807, 2.05) is 0 Å². The van der Waals surface area contributed by atoms with Crippen LogP contribution in [0.5, 0.6) is 11.5 Å². The largest absolute Gasteiger partial charge is 0.534 e. The fraction of sp³-hybridized carbons (Fsp3) is 0.462. The van der Waals surface area contributed by atoms with Crippen LogP contribution in [-0.4, -0.2) is 33.4 Å². The van der Waals surface area contributed by atoms with Gasteiger partial charge in [-0.25, -0.2) is 0 Å². The molecule has 2 bridgehead atoms. The second-order valence-corrected chi connectivity index (χ2v) is 9.05. The molecule has 7 nitrogen and oxygen atoms in total. The van der Waals surface area contributed by atoms with Crippen LogP contribution in [0.2, 0.25) is 0 Å². The summed E-state index contributed by atoms with van der Waals surface area (Å²) in [5.41, 5.74) is -6.05. The third-order valence-corrected chi connectivity index (χ3v) is 6.70. The molecular formula is C13H11F3O7S2. The number of para-hydroxylation sites is 1. The molecule has 138 valence electrons. The van der Waals surface area contributed by atoms with E-state index in [9.17, 15) is 34.8 Å². The van der Waals surface area contributed by atoms with Gasteiger partial charge in [0.1, 0.15) is 0 Å². The van der Waals surface area contributed by atoms with Crippen molar-refractivity contribution in [3.8, 4) is 11.5 Å². The van der Waals surface area contributed by atoms with Gasteiger partial charge in [-0.3, -0.25) is 4.79 Å². The highest BCUT2D eigenvalue weighted by Gasteiger charge is 2.50. The van der Waals surface area contributed by atoms with Crippen LogP contribution in [-0.2, 0) is 20.2 Å². The molecule has 0 N–H and O–H groups in total. The predicted molar refractivity (Wildman–Crippen MR) is 77.1 cm³/mol. The molecule has 2 aliphatic rings. The Labute approximate surface area is 141 Å². The van der Waals surface area contributed by atoms with Gasteiger partial charge in [-0.05, 0) is 31.4 Å². The molecule has 0 amide bonds. The van der Waals surface area contributed by atoms with E-state index >= 15 is 0 Å². The zero-order valence-electron chi connectivity index (χ0n) is 12.3. The van der Waals surface area contributed by atoms with E-state index in [2.05, 4.69) is 4.18 Å². The molecule has 0 spiro atoms. The fourth-order valence-electron chi connectivity index (χ4n) is 2.87. The van der Waals surface area contributed by atoms with E-state index < -0.39 is 54.2 Å². The monoisotopic (exact) mass is 400 g/mol. The summed E-state index contributed by atoms with van der Waals surface area (Å²) in [6, 6.07) is 3.02. The van der Waals surface area contributed by atoms with E-state index in [1.165, 1.54) is 0 Å². The second-order valence-electron chi connectivity index (χ2n) is 5.69. The van der Waals surface area contributed by atoms with E-state index in [-0.39, 0.29) is 24.8 Å². The highest BCUT2D eigenvalue weighted by Crippen LogP contribution is 2.43. The SMILES string of the molecule is O=C1c2cccc(OS(=O)(=O)C(F)(F)F)c2OS(=O)(=O)C2CCC1C2. The highest BCUT2D eigenvalue weighted by atomic mass is 32.2. The molecule has 0 saturated heterocycles. The Hall–Kier alpha value is -1.82. The summed E-state index contributed by atoms with van der Waals surface area (Å²) >= 11 is 0. The molecule has 0 radical (unpaired) electrons. The Balaban J connectivity index is 2.14. The Morgan fingerprint density at radius 1 is 1.20 bits per heavy atom. The minimum Gasteiger partial charge on any atom is -0.377 e. The van der Waals surface area contributed by atoms with Gasteiger partial charge < -0.3 is 8.37 Å². The van der Waals surface area contributed by atoms with Crippen molar-refractivity contribution in [3.63, 3.8) is 0 Å². The summed E-state index contributed by atoms with van der Waals surface area (Å²) in [7, 11) is -10.3. The molecule has 12 heteroatoms. The van der Waals surface area contributed by atoms with Crippen molar-refractivity contribution in [1.29, 1.82) is 0 Å². The van der Waals surface area contributed by atoms with E-state index in [0.717, 1.165) is 18.2 Å². The molecule has 2 atom stereocenters. The van der Waals surface area contributed by atoms with Crippen LogP contribution in [0.25, 0.3) is 0 Å². The number of carbonyl (C=O) groups excluding carboxylic acids is 1. The zero-order chi connectivity index (χ0) is 18.6. The average Bonchev–Trinajstić information content (AvgIpc) is 2.97. The molecule has 1 heterocycles. The Bertz CT molecular complexity index is 935. The minimum absolute atomic E-state index is 0.0482. The third kappa shape index (κ3) is 3.08. The van der Waals surface area contributed by atoms with Crippen LogP contribution < -0.4 is 8.37 Å². The Morgan fingerprint density at radius 2 is 1.88 bits per heavy atom. The topological polar surface area (TPSA) is 104 Å². The molecule has 25 heavy (non-hydrogen) atoms. The molecule has 1 aromatic carbocycles. The molecule has 0 aromatic heterocycles. The van der Waals surface area contributed by atoms with Crippen molar-refractivity contribution >= 4 is 26.0 Å². The number of hydrogen-bond acceptors (Lipinski definition) is 7. The number of Topliss-reactive ketones (excluding diaryl/α,β-unsaturated/α-hetero) is 1. The summed E-state index contributed by atoms with van der Waals surface area (Å²) < 4.78 is 93.3. The number of benzene rings is 1. The van der Waals surface area contributed by atoms with Crippen LogP contribution in [0.4, 0.5) is 13.2 Å². The van der Waals surface area contributed by atoms with Gasteiger partial charge in [0.05, 0.1) is 10.8 Å². The number of rotatable bonds is 2. The number of fused-ring (bicyclic) bond motifs is 3. The fourth-order valence-corrected chi connectivity index (χ4v) is 4.77. The van der Waals surface area contributed by atoms with Crippen molar-refractivity contribution in [2.24, 2.45) is 5.92 Å². The summed E-state index contributed by atoms with van der Waals surface area (Å²) in [5, 5.41) is -0.984. The van der Waals surface area contributed by atoms with Gasteiger partial charge in [-0.1, -0.05) is 6.07 Å². The predicted octanol–water partition coefficient (Wildman–Crippen LogP) is 1.99. The standard InChI is InChI=1S/C13H11F3O7S2/c14-13(15,16)25(20,21)22-10-3-1-2-9-11(17)7-4-5-8(6-7)24(18,19)23-12(9)10/h1-3,7-8H,4-6H2. The maximum Gasteiger partial charge on any atom is 0.534 e. The lowest BCUT2D eigenvalue weighted by atomic mass is 9.95. The lowest BCUT2D eigenvalue weighted by molar-refractivity contribution is -0.0500. The summed E-state index contributed by atoms with van der Waals surface area (Å²) in [4.78, 5) is 12.5. The first-order chi connectivity index (χ1) is 11.4. The molecule has 3 rings (SSSR count). The van der Waals surface area contributed by atoms with Crippen LogP contribution >= 0.6 is 0 Å². The van der Waals surface area contributed by atoms with Crippen LogP contribution in [0.15, 0.2) is 18.2 Å². The molecule has 1 aliphatic carbocycles. The molecule has 1 fully saturated rings. The van der Waals surface area contributed by atoms with Crippen LogP contribution in [0.1, 0.15) is 29.6 Å². The highest BCUT2D eigenvalue weighted by molar-refractivity contribution is 7.88. The Kier molecular flexibility index (Phi) is 4.02. The first-order valence-electron chi connectivity index (χ1n) is 7.03. The van der Waals surface area contributed by atoms with Gasteiger partial charge >= 0.3 is 25.7 Å². The number of alkyl halides is 3. The van der Waals surface area contributed by atoms with Gasteiger partial charge in [0.25, 0.3) is 0 Å². The normalized spacial score (nSPS) is 25.5. The zero-order valence-corrected chi connectivity index (χ0v) is 13.9. The number of ketones is 1. The van der Waals surface area contributed by atoms with Gasteiger partial charge in [-0.15, -0.1) is 0 Å². The smallest absolute Gasteiger partial charge is 0.377 e. The summed E-state index contributed by atoms with van der Waals surface area (Å²) in [5.74, 6) is -3.00. The molecular weight excluding hydrogens is 389 g/mol. The average molecular weight is 400 g/mol. The van der Waals surface area contributed by atoms with Gasteiger partial charge in [0, 0.05) is 5.92 Å². The third-order valence-electron chi connectivity index (χ3n) is 4.09. The van der Waals surface area contributed by atoms with Crippen molar-refractivity contribution in [3.05, 3.63) is 23.8 Å². The maximum atomic E-state index is 12.5. The lowest BCUT2D eigenvalue weighted by Gasteiger charge is -2.21. The van der Waals surface area contributed by atoms with Crippen LogP contribution in [0.3, 0.4) is 0 Å². The molecule has 1 aromatic rings. The quantitative estimate of drug-likeness (QED) is 0.552. The van der Waals surface area contributed by atoms with Crippen LogP contribution in [0, 0.1) is 5.92 Å². The van der Waals surface area contributed by atoms with E-state index in [0.29, 0.717) is 0 Å². The van der Waals surface area contributed by atoms with Gasteiger partial charge in [0.15, 0.2) is 17.3 Å². The number of carbonyl (C=O) groups is 1. The van der Waals surface area contributed by atoms with Gasteiger partial charge in [0.2, 0.25) is 0 Å². The van der Waals surface area contributed by atoms with Gasteiger partial charge in [-0.2, -0.15) is 30.0 Å². The summed E-state index contributed by atoms with van der Waals surface area (Å²) in [6.07, 6.45) is 0.508. The first-order valence-corrected chi connectivity index (χ1v) is 9.91. The van der Waals surface area contributed by atoms with Crippen molar-refractivity contribution in [1.82, 2.24) is 0 Å². The molecule has 1 aliphatic heterocycles. The van der Waals surface area contributed by atoms with E-state index in [4.69, 9.17) is 4.18 Å². The Morgan fingerprint density at radius 3 is 2.52 bits per heavy atom. The lowest BCUT2D eigenvalue weighted by Crippen LogP contribution is -2.30. The van der Waals surface area contributed by atoms with Crippen molar-refractivity contribution in [2.75, 3.05) is 0 Å².